The Morgan fingerprint density at radius 2 is 2.27 bits per heavy atom. The molecule has 0 saturated heterocycles. The smallest absolute Gasteiger partial charge is 0.278 e. The lowest BCUT2D eigenvalue weighted by atomic mass is 10.5. The van der Waals surface area contributed by atoms with E-state index in [-0.39, 0.29) is 5.24 Å². The maximum Gasteiger partial charge on any atom is 0.278 e. The van der Waals surface area contributed by atoms with E-state index in [9.17, 15) is 4.79 Å². The highest BCUT2D eigenvalue weighted by Gasteiger charge is 1.94. The SMILES string of the molecule is CSOCCCNC(=O)SC. The van der Waals surface area contributed by atoms with Gasteiger partial charge in [-0.25, -0.2) is 0 Å². The van der Waals surface area contributed by atoms with Crippen molar-refractivity contribution in [3.05, 3.63) is 0 Å². The van der Waals surface area contributed by atoms with E-state index in [4.69, 9.17) is 4.18 Å². The van der Waals surface area contributed by atoms with Gasteiger partial charge in [-0.05, 0) is 24.7 Å². The Kier molecular flexibility index (Phi) is 8.33. The minimum Gasteiger partial charge on any atom is -0.347 e. The lowest BCUT2D eigenvalue weighted by Crippen LogP contribution is -2.20. The summed E-state index contributed by atoms with van der Waals surface area (Å²) in [5.74, 6) is 0. The fraction of sp³-hybridized carbons (Fsp3) is 0.833. The van der Waals surface area contributed by atoms with Gasteiger partial charge in [-0.2, -0.15) is 0 Å². The van der Waals surface area contributed by atoms with Crippen molar-refractivity contribution in [1.82, 2.24) is 5.32 Å². The molecule has 0 radical (unpaired) electrons. The largest absolute Gasteiger partial charge is 0.347 e. The summed E-state index contributed by atoms with van der Waals surface area (Å²) in [6, 6.07) is 0. The molecule has 0 aromatic carbocycles. The summed E-state index contributed by atoms with van der Waals surface area (Å²) in [7, 11) is 0. The molecule has 0 spiro atoms. The molecule has 0 aromatic rings. The molecule has 0 aliphatic heterocycles. The second-order valence-electron chi connectivity index (χ2n) is 1.76. The number of carbonyl (C=O) groups is 1. The monoisotopic (exact) mass is 195 g/mol. The van der Waals surface area contributed by atoms with Gasteiger partial charge < -0.3 is 9.50 Å². The zero-order valence-electron chi connectivity index (χ0n) is 6.75. The van der Waals surface area contributed by atoms with E-state index in [0.29, 0.717) is 13.2 Å². The van der Waals surface area contributed by atoms with Gasteiger partial charge in [0.05, 0.1) is 6.61 Å². The Hall–Kier alpha value is 0.130. The van der Waals surface area contributed by atoms with Crippen LogP contribution in [0.3, 0.4) is 0 Å². The second-order valence-corrected chi connectivity index (χ2v) is 3.11. The summed E-state index contributed by atoms with van der Waals surface area (Å²) in [6.07, 6.45) is 4.50. The molecule has 11 heavy (non-hydrogen) atoms. The fourth-order valence-electron chi connectivity index (χ4n) is 0.477. The zero-order chi connectivity index (χ0) is 8.53. The van der Waals surface area contributed by atoms with Crippen LogP contribution in [0.2, 0.25) is 0 Å². The van der Waals surface area contributed by atoms with Crippen molar-refractivity contribution in [2.45, 2.75) is 6.42 Å². The Bertz CT molecular complexity index is 111. The van der Waals surface area contributed by atoms with Crippen LogP contribution in [0.4, 0.5) is 4.79 Å². The van der Waals surface area contributed by atoms with Crippen molar-refractivity contribution in [1.29, 1.82) is 0 Å². The summed E-state index contributed by atoms with van der Waals surface area (Å²) >= 11 is 2.54. The highest BCUT2D eigenvalue weighted by molar-refractivity contribution is 8.12. The molecular weight excluding hydrogens is 182 g/mol. The second kappa shape index (κ2) is 8.23. The first-order chi connectivity index (χ1) is 5.31. The number of carbonyl (C=O) groups excluding carboxylic acids is 1. The number of rotatable bonds is 5. The van der Waals surface area contributed by atoms with Gasteiger partial charge in [0.1, 0.15) is 0 Å². The Morgan fingerprint density at radius 3 is 2.82 bits per heavy atom. The number of nitrogens with one attached hydrogen (secondary N) is 1. The van der Waals surface area contributed by atoms with E-state index >= 15 is 0 Å². The molecule has 1 N–H and O–H groups in total. The molecule has 0 fully saturated rings. The Labute approximate surface area is 75.8 Å². The molecular formula is C6H13NO2S2. The van der Waals surface area contributed by atoms with Crippen LogP contribution in [0.5, 0.6) is 0 Å². The molecule has 1 amide bonds. The molecule has 0 aromatic heterocycles. The highest BCUT2D eigenvalue weighted by Crippen LogP contribution is 1.96. The normalized spacial score (nSPS) is 9.64. The van der Waals surface area contributed by atoms with Gasteiger partial charge in [0.2, 0.25) is 0 Å². The molecule has 0 rings (SSSR count). The number of amides is 1. The first kappa shape index (κ1) is 11.1. The van der Waals surface area contributed by atoms with Crippen LogP contribution in [0.15, 0.2) is 0 Å². The standard InChI is InChI=1S/C6H13NO2S2/c1-10-6(8)7-4-3-5-9-11-2/h3-5H2,1-2H3,(H,7,8). The molecule has 0 atom stereocenters. The predicted octanol–water partition coefficient (Wildman–Crippen LogP) is 1.74. The number of hydrogen-bond donors (Lipinski definition) is 1. The van der Waals surface area contributed by atoms with Gasteiger partial charge in [0, 0.05) is 12.8 Å². The predicted molar refractivity (Wildman–Crippen MR) is 51.0 cm³/mol. The molecule has 0 heterocycles. The van der Waals surface area contributed by atoms with Gasteiger partial charge in [-0.15, -0.1) is 0 Å². The van der Waals surface area contributed by atoms with Crippen LogP contribution in [0, 0.1) is 0 Å². The summed E-state index contributed by atoms with van der Waals surface area (Å²) in [5, 5.41) is 2.75. The first-order valence-corrected chi connectivity index (χ1v) is 5.66. The minimum atomic E-state index is 0.0224. The quantitative estimate of drug-likeness (QED) is 0.536. The third-order valence-electron chi connectivity index (χ3n) is 0.977. The van der Waals surface area contributed by atoms with Crippen molar-refractivity contribution >= 4 is 29.0 Å². The van der Waals surface area contributed by atoms with Crippen LogP contribution in [0.25, 0.3) is 0 Å². The third kappa shape index (κ3) is 8.03. The third-order valence-corrected chi connectivity index (χ3v) is 1.89. The molecule has 0 aliphatic rings. The van der Waals surface area contributed by atoms with Crippen molar-refractivity contribution in [2.75, 3.05) is 25.7 Å². The van der Waals surface area contributed by atoms with E-state index in [0.717, 1.165) is 6.42 Å². The van der Waals surface area contributed by atoms with Crippen molar-refractivity contribution in [2.24, 2.45) is 0 Å². The number of hydrogen-bond acceptors (Lipinski definition) is 4. The average Bonchev–Trinajstić information content (AvgIpc) is 2.04. The van der Waals surface area contributed by atoms with Gasteiger partial charge in [-0.1, -0.05) is 11.8 Å². The molecule has 5 heteroatoms. The lowest BCUT2D eigenvalue weighted by molar-refractivity contribution is 0.259. The van der Waals surface area contributed by atoms with Gasteiger partial charge in [-0.3, -0.25) is 4.79 Å². The lowest BCUT2D eigenvalue weighted by Gasteiger charge is -2.01. The topological polar surface area (TPSA) is 38.3 Å². The van der Waals surface area contributed by atoms with E-state index in [1.807, 2.05) is 6.26 Å². The highest BCUT2D eigenvalue weighted by atomic mass is 32.2. The Morgan fingerprint density at radius 1 is 1.55 bits per heavy atom. The van der Waals surface area contributed by atoms with Crippen LogP contribution in [-0.4, -0.2) is 30.9 Å². The van der Waals surface area contributed by atoms with Crippen molar-refractivity contribution < 1.29 is 8.98 Å². The number of thioether (sulfide) groups is 1. The first-order valence-electron chi connectivity index (χ1n) is 3.28. The molecule has 3 nitrogen and oxygen atoms in total. The van der Waals surface area contributed by atoms with E-state index in [2.05, 4.69) is 5.32 Å². The van der Waals surface area contributed by atoms with Gasteiger partial charge >= 0.3 is 0 Å². The van der Waals surface area contributed by atoms with Gasteiger partial charge in [0.15, 0.2) is 0 Å². The van der Waals surface area contributed by atoms with Crippen molar-refractivity contribution in [3.8, 4) is 0 Å². The van der Waals surface area contributed by atoms with Crippen molar-refractivity contribution in [3.63, 3.8) is 0 Å². The molecule has 0 aliphatic carbocycles. The van der Waals surface area contributed by atoms with Crippen LogP contribution < -0.4 is 5.32 Å². The molecule has 0 bridgehead atoms. The Balaban J connectivity index is 2.95. The summed E-state index contributed by atoms with van der Waals surface area (Å²) in [6.45, 7) is 1.38. The molecule has 66 valence electrons. The maximum absolute atomic E-state index is 10.7. The van der Waals surface area contributed by atoms with E-state index < -0.39 is 0 Å². The zero-order valence-corrected chi connectivity index (χ0v) is 8.39. The summed E-state index contributed by atoms with van der Waals surface area (Å²) in [4.78, 5) is 10.7. The maximum atomic E-state index is 10.7. The molecule has 0 saturated carbocycles. The van der Waals surface area contributed by atoms with Crippen LogP contribution >= 0.6 is 23.8 Å². The minimum absolute atomic E-state index is 0.0224. The fourth-order valence-corrected chi connectivity index (χ4v) is 1.01. The average molecular weight is 195 g/mol. The van der Waals surface area contributed by atoms with Crippen LogP contribution in [0.1, 0.15) is 6.42 Å². The summed E-state index contributed by atoms with van der Waals surface area (Å²) < 4.78 is 5.01. The van der Waals surface area contributed by atoms with Gasteiger partial charge in [0.25, 0.3) is 5.24 Å². The molecule has 0 unspecified atom stereocenters. The van der Waals surface area contributed by atoms with E-state index in [1.165, 1.54) is 23.8 Å². The van der Waals surface area contributed by atoms with E-state index in [1.54, 1.807) is 6.26 Å². The summed E-state index contributed by atoms with van der Waals surface area (Å²) in [5.41, 5.74) is 0. The van der Waals surface area contributed by atoms with Crippen LogP contribution in [-0.2, 0) is 4.18 Å².